The Balaban J connectivity index is 1.42. The van der Waals surface area contributed by atoms with Crippen LogP contribution in [-0.4, -0.2) is 43.5 Å². The molecule has 0 saturated heterocycles. The maximum Gasteiger partial charge on any atom is 0.348 e. The van der Waals surface area contributed by atoms with Gasteiger partial charge >= 0.3 is 5.97 Å². The number of rotatable bonds is 6. The lowest BCUT2D eigenvalue weighted by Crippen LogP contribution is -2.42. The number of hydrogen-bond acceptors (Lipinski definition) is 7. The molecule has 0 spiro atoms. The van der Waals surface area contributed by atoms with Crippen molar-refractivity contribution in [2.24, 2.45) is 0 Å². The zero-order valence-corrected chi connectivity index (χ0v) is 14.8. The molecule has 0 aliphatic carbocycles. The molecule has 1 unspecified atom stereocenters. The van der Waals surface area contributed by atoms with Gasteiger partial charge < -0.3 is 19.5 Å². The van der Waals surface area contributed by atoms with Crippen LogP contribution in [0.15, 0.2) is 36.4 Å². The molecule has 1 amide bonds. The molecule has 2 heterocycles. The molecule has 1 aromatic carbocycles. The molecule has 1 aliphatic rings. The summed E-state index contributed by atoms with van der Waals surface area (Å²) in [7, 11) is 0. The second kappa shape index (κ2) is 8.01. The molecule has 8 heteroatoms. The van der Waals surface area contributed by atoms with Crippen molar-refractivity contribution in [2.75, 3.05) is 19.8 Å². The summed E-state index contributed by atoms with van der Waals surface area (Å²) in [6.45, 7) is 1.57. The lowest BCUT2D eigenvalue weighted by atomic mass is 10.2. The molecule has 1 N–H and O–H groups in total. The number of ether oxygens (including phenoxy) is 3. The lowest BCUT2D eigenvalue weighted by molar-refractivity contribution is -0.124. The van der Waals surface area contributed by atoms with Gasteiger partial charge in [-0.05, 0) is 31.2 Å². The van der Waals surface area contributed by atoms with Crippen LogP contribution in [0.2, 0.25) is 0 Å². The van der Waals surface area contributed by atoms with E-state index >= 15 is 0 Å². The minimum atomic E-state index is -0.635. The number of esters is 1. The fraction of sp³-hybridized carbons (Fsp3) is 0.278. The molecule has 3 rings (SSSR count). The van der Waals surface area contributed by atoms with Crippen molar-refractivity contribution >= 4 is 29.0 Å². The van der Waals surface area contributed by atoms with Crippen LogP contribution in [0.25, 0.3) is 0 Å². The van der Waals surface area contributed by atoms with E-state index in [1.165, 1.54) is 13.0 Å². The number of hydrogen-bond donors (Lipinski definition) is 1. The zero-order valence-electron chi connectivity index (χ0n) is 14.0. The Bertz CT molecular complexity index is 831. The van der Waals surface area contributed by atoms with E-state index in [1.54, 1.807) is 12.1 Å². The third-order valence-corrected chi connectivity index (χ3v) is 4.75. The summed E-state index contributed by atoms with van der Waals surface area (Å²) in [6, 6.07) is 10.4. The van der Waals surface area contributed by atoms with Gasteiger partial charge in [0.2, 0.25) is 0 Å². The smallest absolute Gasteiger partial charge is 0.348 e. The highest BCUT2D eigenvalue weighted by molar-refractivity contribution is 7.15. The maximum atomic E-state index is 11.9. The van der Waals surface area contributed by atoms with Gasteiger partial charge in [-0.15, -0.1) is 11.3 Å². The summed E-state index contributed by atoms with van der Waals surface area (Å²) >= 11 is 1.04. The molecule has 26 heavy (non-hydrogen) atoms. The molecule has 1 atom stereocenters. The minimum absolute atomic E-state index is 0.122. The number of carbonyl (C=O) groups is 3. The fourth-order valence-corrected chi connectivity index (χ4v) is 3.08. The molecule has 1 aromatic heterocycles. The fourth-order valence-electron chi connectivity index (χ4n) is 2.28. The van der Waals surface area contributed by atoms with E-state index in [1.807, 2.05) is 18.2 Å². The van der Waals surface area contributed by atoms with Gasteiger partial charge in [-0.3, -0.25) is 9.59 Å². The Morgan fingerprint density at radius 2 is 1.88 bits per heavy atom. The van der Waals surface area contributed by atoms with E-state index in [9.17, 15) is 14.4 Å². The van der Waals surface area contributed by atoms with Crippen LogP contribution >= 0.6 is 11.3 Å². The van der Waals surface area contributed by atoms with Gasteiger partial charge in [-0.1, -0.05) is 12.1 Å². The van der Waals surface area contributed by atoms with Gasteiger partial charge in [0.15, 0.2) is 23.9 Å². The summed E-state index contributed by atoms with van der Waals surface area (Å²) in [5, 5.41) is 2.64. The number of benzene rings is 1. The largest absolute Gasteiger partial charge is 0.486 e. The average molecular weight is 375 g/mol. The number of Topliss-reactive ketones (excluding diaryl/α,β-unsaturated/α-hetero) is 1. The van der Waals surface area contributed by atoms with E-state index in [2.05, 4.69) is 5.32 Å². The van der Waals surface area contributed by atoms with E-state index in [4.69, 9.17) is 14.2 Å². The monoisotopic (exact) mass is 375 g/mol. The third-order valence-electron chi connectivity index (χ3n) is 3.58. The number of carbonyl (C=O) groups excluding carboxylic acids is 3. The first kappa shape index (κ1) is 17.9. The second-order valence-corrected chi connectivity index (χ2v) is 6.68. The summed E-state index contributed by atoms with van der Waals surface area (Å²) in [4.78, 5) is 35.7. The number of fused-ring (bicyclic) bond motifs is 1. The first-order valence-corrected chi connectivity index (χ1v) is 8.77. The average Bonchev–Trinajstić information content (AvgIpc) is 3.15. The molecule has 2 aromatic rings. The van der Waals surface area contributed by atoms with Gasteiger partial charge in [0.05, 0.1) is 11.4 Å². The van der Waals surface area contributed by atoms with Gasteiger partial charge in [0.25, 0.3) is 5.91 Å². The molecule has 0 fully saturated rings. The van der Waals surface area contributed by atoms with Crippen LogP contribution in [0, 0.1) is 0 Å². The Morgan fingerprint density at radius 3 is 2.62 bits per heavy atom. The van der Waals surface area contributed by atoms with Crippen LogP contribution < -0.4 is 14.8 Å². The van der Waals surface area contributed by atoms with Crippen molar-refractivity contribution in [1.82, 2.24) is 5.32 Å². The molecule has 7 nitrogen and oxygen atoms in total. The quantitative estimate of drug-likeness (QED) is 0.614. The van der Waals surface area contributed by atoms with Crippen molar-refractivity contribution in [1.29, 1.82) is 0 Å². The maximum absolute atomic E-state index is 11.9. The molecule has 0 bridgehead atoms. The zero-order chi connectivity index (χ0) is 18.5. The first-order chi connectivity index (χ1) is 12.5. The van der Waals surface area contributed by atoms with Crippen molar-refractivity contribution in [3.63, 3.8) is 0 Å². The van der Waals surface area contributed by atoms with E-state index in [0.29, 0.717) is 23.0 Å². The number of amides is 1. The Morgan fingerprint density at radius 1 is 1.15 bits per heavy atom. The van der Waals surface area contributed by atoms with Crippen LogP contribution in [0.4, 0.5) is 0 Å². The van der Waals surface area contributed by atoms with Crippen molar-refractivity contribution < 1.29 is 28.6 Å². The summed E-state index contributed by atoms with van der Waals surface area (Å²) in [5.41, 5.74) is 0. The summed E-state index contributed by atoms with van der Waals surface area (Å²) in [5.74, 6) is 0.101. The predicted molar refractivity (Wildman–Crippen MR) is 94.0 cm³/mol. The van der Waals surface area contributed by atoms with Crippen molar-refractivity contribution in [3.05, 3.63) is 46.2 Å². The Labute approximate surface area is 153 Å². The second-order valence-electron chi connectivity index (χ2n) is 5.60. The van der Waals surface area contributed by atoms with Gasteiger partial charge in [-0.25, -0.2) is 4.79 Å². The van der Waals surface area contributed by atoms with E-state index in [-0.39, 0.29) is 23.3 Å². The molecular formula is C18H17NO6S. The van der Waals surface area contributed by atoms with Crippen LogP contribution in [0.3, 0.4) is 0 Å². The van der Waals surface area contributed by atoms with Crippen molar-refractivity contribution in [3.8, 4) is 11.5 Å². The normalized spacial score (nSPS) is 15.2. The molecule has 1 aliphatic heterocycles. The van der Waals surface area contributed by atoms with Crippen molar-refractivity contribution in [2.45, 2.75) is 13.0 Å². The number of thiophene rings is 1. The Kier molecular flexibility index (Phi) is 5.52. The van der Waals surface area contributed by atoms with E-state index in [0.717, 1.165) is 11.3 Å². The van der Waals surface area contributed by atoms with Gasteiger partial charge in [-0.2, -0.15) is 0 Å². The SMILES string of the molecule is CC(=O)c1ccc(C(=O)OCC(=O)NCC2COc3ccccc3O2)s1. The lowest BCUT2D eigenvalue weighted by Gasteiger charge is -2.26. The Hall–Kier alpha value is -2.87. The highest BCUT2D eigenvalue weighted by Gasteiger charge is 2.21. The summed E-state index contributed by atoms with van der Waals surface area (Å²) < 4.78 is 16.2. The third kappa shape index (κ3) is 4.40. The van der Waals surface area contributed by atoms with E-state index < -0.39 is 18.5 Å². The molecule has 136 valence electrons. The van der Waals surface area contributed by atoms with Gasteiger partial charge in [0, 0.05) is 0 Å². The van der Waals surface area contributed by atoms with Gasteiger partial charge in [0.1, 0.15) is 17.6 Å². The van der Waals surface area contributed by atoms with Crippen LogP contribution in [-0.2, 0) is 9.53 Å². The topological polar surface area (TPSA) is 90.9 Å². The number of nitrogens with one attached hydrogen (secondary N) is 1. The highest BCUT2D eigenvalue weighted by atomic mass is 32.1. The molecule has 0 radical (unpaired) electrons. The highest BCUT2D eigenvalue weighted by Crippen LogP contribution is 2.30. The minimum Gasteiger partial charge on any atom is -0.486 e. The molecule has 0 saturated carbocycles. The standard InChI is InChI=1S/C18H17NO6S/c1-11(20)15-6-7-16(26-15)18(22)24-10-17(21)19-8-12-9-23-13-4-2-3-5-14(13)25-12/h2-7,12H,8-10H2,1H3,(H,19,21). The van der Waals surface area contributed by atoms with Crippen LogP contribution in [0.5, 0.6) is 11.5 Å². The first-order valence-electron chi connectivity index (χ1n) is 7.96. The molecular weight excluding hydrogens is 358 g/mol. The summed E-state index contributed by atoms with van der Waals surface area (Å²) in [6.07, 6.45) is -0.319. The van der Waals surface area contributed by atoms with Crippen LogP contribution in [0.1, 0.15) is 26.3 Å². The predicted octanol–water partition coefficient (Wildman–Crippen LogP) is 2.06. The number of para-hydroxylation sites is 2. The number of ketones is 1.